The highest BCUT2D eigenvalue weighted by Gasteiger charge is 2.26. The lowest BCUT2D eigenvalue weighted by atomic mass is 10.2. The van der Waals surface area contributed by atoms with Crippen LogP contribution in [0.5, 0.6) is 0 Å². The quantitative estimate of drug-likeness (QED) is 0.836. The first-order chi connectivity index (χ1) is 10.2. The van der Waals surface area contributed by atoms with Crippen LogP contribution in [-0.4, -0.2) is 71.1 Å². The molecule has 0 saturated carbocycles. The molecule has 3 heterocycles. The van der Waals surface area contributed by atoms with Crippen molar-refractivity contribution in [2.45, 2.75) is 18.9 Å². The SMILES string of the molecule is O=C(c1cncc(Cl)n1)N1CCN(CC2CCCO2)CC1. The van der Waals surface area contributed by atoms with Gasteiger partial charge in [0.2, 0.25) is 0 Å². The minimum absolute atomic E-state index is 0.0956. The van der Waals surface area contributed by atoms with Crippen LogP contribution >= 0.6 is 11.6 Å². The lowest BCUT2D eigenvalue weighted by Gasteiger charge is -2.35. The molecule has 2 fully saturated rings. The topological polar surface area (TPSA) is 58.6 Å². The lowest BCUT2D eigenvalue weighted by Crippen LogP contribution is -2.50. The van der Waals surface area contributed by atoms with Crippen molar-refractivity contribution in [3.63, 3.8) is 0 Å². The number of ether oxygens (including phenoxy) is 1. The summed E-state index contributed by atoms with van der Waals surface area (Å²) in [5.74, 6) is -0.0956. The predicted octanol–water partition coefficient (Wildman–Crippen LogP) is 1.07. The zero-order valence-corrected chi connectivity index (χ0v) is 12.6. The van der Waals surface area contributed by atoms with Gasteiger partial charge in [0, 0.05) is 39.3 Å². The summed E-state index contributed by atoms with van der Waals surface area (Å²) in [6.45, 7) is 5.02. The van der Waals surface area contributed by atoms with Crippen molar-refractivity contribution in [3.8, 4) is 0 Å². The molecule has 0 bridgehead atoms. The summed E-state index contributed by atoms with van der Waals surface area (Å²) in [4.78, 5) is 24.4. The number of hydrogen-bond donors (Lipinski definition) is 0. The number of nitrogens with zero attached hydrogens (tertiary/aromatic N) is 4. The lowest BCUT2D eigenvalue weighted by molar-refractivity contribution is 0.0429. The van der Waals surface area contributed by atoms with E-state index in [1.807, 2.05) is 4.90 Å². The molecule has 114 valence electrons. The second kappa shape index (κ2) is 6.68. The van der Waals surface area contributed by atoms with Crippen molar-refractivity contribution >= 4 is 17.5 Å². The average Bonchev–Trinajstić information content (AvgIpc) is 3.00. The highest BCUT2D eigenvalue weighted by molar-refractivity contribution is 6.29. The van der Waals surface area contributed by atoms with E-state index in [0.717, 1.165) is 39.1 Å². The number of piperazine rings is 1. The highest BCUT2D eigenvalue weighted by atomic mass is 35.5. The number of carbonyl (C=O) groups is 1. The highest BCUT2D eigenvalue weighted by Crippen LogP contribution is 2.15. The number of halogens is 1. The number of hydrogen-bond acceptors (Lipinski definition) is 5. The van der Waals surface area contributed by atoms with E-state index in [4.69, 9.17) is 16.3 Å². The predicted molar refractivity (Wildman–Crippen MR) is 78.4 cm³/mol. The van der Waals surface area contributed by atoms with E-state index in [-0.39, 0.29) is 11.1 Å². The molecule has 1 aromatic heterocycles. The third kappa shape index (κ3) is 3.70. The normalized spacial score (nSPS) is 23.5. The molecular weight excluding hydrogens is 292 g/mol. The Bertz CT molecular complexity index is 500. The third-order valence-electron chi connectivity index (χ3n) is 3.97. The maximum Gasteiger partial charge on any atom is 0.274 e. The molecule has 2 saturated heterocycles. The Hall–Kier alpha value is -1.24. The van der Waals surface area contributed by atoms with Gasteiger partial charge < -0.3 is 9.64 Å². The van der Waals surface area contributed by atoms with Crippen molar-refractivity contribution in [1.82, 2.24) is 19.8 Å². The van der Waals surface area contributed by atoms with E-state index in [1.165, 1.54) is 12.4 Å². The van der Waals surface area contributed by atoms with Crippen LogP contribution in [0.1, 0.15) is 23.3 Å². The van der Waals surface area contributed by atoms with Crippen LogP contribution in [0.15, 0.2) is 12.4 Å². The van der Waals surface area contributed by atoms with E-state index in [2.05, 4.69) is 14.9 Å². The van der Waals surface area contributed by atoms with E-state index < -0.39 is 0 Å². The van der Waals surface area contributed by atoms with Crippen molar-refractivity contribution in [2.75, 3.05) is 39.3 Å². The standard InChI is InChI=1S/C14H19ClN4O2/c15-13-9-16-8-12(17-13)14(20)19-5-3-18(4-6-19)10-11-2-1-7-21-11/h8-9,11H,1-7,10H2. The Balaban J connectivity index is 1.52. The molecule has 3 rings (SSSR count). The van der Waals surface area contributed by atoms with Gasteiger partial charge in [0.15, 0.2) is 0 Å². The maximum atomic E-state index is 12.3. The van der Waals surface area contributed by atoms with Gasteiger partial charge in [-0.1, -0.05) is 11.6 Å². The maximum absolute atomic E-state index is 12.3. The molecule has 1 aromatic rings. The van der Waals surface area contributed by atoms with E-state index in [0.29, 0.717) is 24.9 Å². The van der Waals surface area contributed by atoms with E-state index in [1.54, 1.807) is 0 Å². The summed E-state index contributed by atoms with van der Waals surface area (Å²) < 4.78 is 5.66. The van der Waals surface area contributed by atoms with Crippen LogP contribution in [0.2, 0.25) is 5.15 Å². The second-order valence-corrected chi connectivity index (χ2v) is 5.84. The molecule has 7 heteroatoms. The van der Waals surface area contributed by atoms with Crippen LogP contribution in [0.25, 0.3) is 0 Å². The van der Waals surface area contributed by atoms with Gasteiger partial charge >= 0.3 is 0 Å². The van der Waals surface area contributed by atoms with Gasteiger partial charge in [-0.15, -0.1) is 0 Å². The van der Waals surface area contributed by atoms with Crippen LogP contribution in [0.3, 0.4) is 0 Å². The van der Waals surface area contributed by atoms with Gasteiger partial charge in [-0.25, -0.2) is 4.98 Å². The largest absolute Gasteiger partial charge is 0.377 e. The molecular formula is C14H19ClN4O2. The van der Waals surface area contributed by atoms with Crippen LogP contribution in [0.4, 0.5) is 0 Å². The van der Waals surface area contributed by atoms with E-state index >= 15 is 0 Å². The molecule has 6 nitrogen and oxygen atoms in total. The van der Waals surface area contributed by atoms with Gasteiger partial charge in [-0.05, 0) is 12.8 Å². The number of aromatic nitrogens is 2. The summed E-state index contributed by atoms with van der Waals surface area (Å²) in [6.07, 6.45) is 5.57. The number of amides is 1. The molecule has 1 amide bonds. The average molecular weight is 311 g/mol. The minimum Gasteiger partial charge on any atom is -0.377 e. The Morgan fingerprint density at radius 3 is 2.81 bits per heavy atom. The van der Waals surface area contributed by atoms with Gasteiger partial charge in [0.05, 0.1) is 18.5 Å². The monoisotopic (exact) mass is 310 g/mol. The fourth-order valence-corrected chi connectivity index (χ4v) is 2.96. The summed E-state index contributed by atoms with van der Waals surface area (Å²) in [6, 6.07) is 0. The Morgan fingerprint density at radius 1 is 1.33 bits per heavy atom. The second-order valence-electron chi connectivity index (χ2n) is 5.45. The molecule has 1 unspecified atom stereocenters. The summed E-state index contributed by atoms with van der Waals surface area (Å²) in [5.41, 5.74) is 0.315. The first-order valence-electron chi connectivity index (χ1n) is 7.33. The number of carbonyl (C=O) groups excluding carboxylic acids is 1. The Labute approximate surface area is 129 Å². The smallest absolute Gasteiger partial charge is 0.274 e. The Morgan fingerprint density at radius 2 is 2.14 bits per heavy atom. The summed E-state index contributed by atoms with van der Waals surface area (Å²) >= 11 is 5.78. The zero-order chi connectivity index (χ0) is 14.7. The summed E-state index contributed by atoms with van der Waals surface area (Å²) in [5, 5.41) is 0.248. The first kappa shape index (κ1) is 14.7. The van der Waals surface area contributed by atoms with E-state index in [9.17, 15) is 4.79 Å². The minimum atomic E-state index is -0.0956. The van der Waals surface area contributed by atoms with Crippen LogP contribution < -0.4 is 0 Å². The van der Waals surface area contributed by atoms with Gasteiger partial charge in [-0.2, -0.15) is 0 Å². The first-order valence-corrected chi connectivity index (χ1v) is 7.71. The van der Waals surface area contributed by atoms with Gasteiger partial charge in [-0.3, -0.25) is 14.7 Å². The third-order valence-corrected chi connectivity index (χ3v) is 4.15. The molecule has 2 aliphatic rings. The molecule has 0 aliphatic carbocycles. The summed E-state index contributed by atoms with van der Waals surface area (Å²) in [7, 11) is 0. The fourth-order valence-electron chi connectivity index (χ4n) is 2.82. The zero-order valence-electron chi connectivity index (χ0n) is 11.9. The molecule has 0 aromatic carbocycles. The number of rotatable bonds is 3. The van der Waals surface area contributed by atoms with Gasteiger partial charge in [0.25, 0.3) is 5.91 Å². The molecule has 21 heavy (non-hydrogen) atoms. The van der Waals surface area contributed by atoms with Crippen LogP contribution in [0, 0.1) is 0 Å². The molecule has 1 atom stereocenters. The Kier molecular flexibility index (Phi) is 4.67. The molecule has 0 radical (unpaired) electrons. The van der Waals surface area contributed by atoms with Crippen molar-refractivity contribution < 1.29 is 9.53 Å². The molecule has 2 aliphatic heterocycles. The van der Waals surface area contributed by atoms with Crippen molar-refractivity contribution in [1.29, 1.82) is 0 Å². The fraction of sp³-hybridized carbons (Fsp3) is 0.643. The van der Waals surface area contributed by atoms with Crippen molar-refractivity contribution in [2.24, 2.45) is 0 Å². The molecule has 0 spiro atoms. The van der Waals surface area contributed by atoms with Gasteiger partial charge in [0.1, 0.15) is 10.8 Å². The van der Waals surface area contributed by atoms with Crippen LogP contribution in [-0.2, 0) is 4.74 Å². The molecule has 0 N–H and O–H groups in total. The van der Waals surface area contributed by atoms with Crippen molar-refractivity contribution in [3.05, 3.63) is 23.2 Å².